The molecular weight excluding hydrogens is 557 g/mol. The van der Waals surface area contributed by atoms with Crippen LogP contribution in [0.5, 0.6) is 0 Å². The monoisotopic (exact) mass is 580 g/mol. The standard InChI is InChI=1S/C40H24N2OS/c1-3-12-25(13-4-1)34-24-35(26-14-5-2-6-15-26)42-40(41-34)33-22-10-18-29-28-17-9-19-30(37(28)43-38(29)33)32-21-11-20-31-27-16-7-8-23-36(27)44-39(31)32/h1-24H. The van der Waals surface area contributed by atoms with Crippen molar-refractivity contribution in [3.63, 3.8) is 0 Å². The number of hydrogen-bond acceptors (Lipinski definition) is 4. The van der Waals surface area contributed by atoms with Gasteiger partial charge in [-0.1, -0.05) is 127 Å². The molecule has 0 N–H and O–H groups in total. The van der Waals surface area contributed by atoms with Crippen LogP contribution in [0.3, 0.4) is 0 Å². The van der Waals surface area contributed by atoms with E-state index in [4.69, 9.17) is 14.4 Å². The number of nitrogens with zero attached hydrogens (tertiary/aromatic N) is 2. The zero-order valence-corrected chi connectivity index (χ0v) is 24.4. The van der Waals surface area contributed by atoms with Gasteiger partial charge < -0.3 is 4.42 Å². The summed E-state index contributed by atoms with van der Waals surface area (Å²) in [7, 11) is 0. The van der Waals surface area contributed by atoms with Crippen LogP contribution in [0, 0.1) is 0 Å². The Labute approximate surface area is 257 Å². The number of rotatable bonds is 4. The molecule has 0 aliphatic rings. The third-order valence-corrected chi connectivity index (χ3v) is 9.54. The summed E-state index contributed by atoms with van der Waals surface area (Å²) >= 11 is 1.84. The molecule has 0 bridgehead atoms. The maximum atomic E-state index is 6.86. The SMILES string of the molecule is c1ccc(-c2cc(-c3ccccc3)nc(-c3cccc4c3oc3c(-c5cccc6c5sc5ccccc56)cccc34)n2)cc1. The van der Waals surface area contributed by atoms with Crippen molar-refractivity contribution in [2.75, 3.05) is 0 Å². The minimum atomic E-state index is 0.642. The second-order valence-corrected chi connectivity index (χ2v) is 12.0. The minimum absolute atomic E-state index is 0.642. The predicted molar refractivity (Wildman–Crippen MR) is 184 cm³/mol. The van der Waals surface area contributed by atoms with E-state index in [1.165, 1.54) is 25.7 Å². The van der Waals surface area contributed by atoms with Gasteiger partial charge in [0.05, 0.1) is 17.0 Å². The molecule has 0 radical (unpaired) electrons. The van der Waals surface area contributed by atoms with Crippen LogP contribution in [-0.4, -0.2) is 9.97 Å². The van der Waals surface area contributed by atoms with Crippen molar-refractivity contribution in [1.82, 2.24) is 9.97 Å². The van der Waals surface area contributed by atoms with Crippen LogP contribution in [0.2, 0.25) is 0 Å². The molecule has 3 aromatic heterocycles. The molecule has 0 atom stereocenters. The fourth-order valence-corrected chi connectivity index (χ4v) is 7.48. The van der Waals surface area contributed by atoms with Gasteiger partial charge in [-0.05, 0) is 18.2 Å². The molecule has 4 heteroatoms. The average molecular weight is 581 g/mol. The van der Waals surface area contributed by atoms with E-state index in [0.29, 0.717) is 5.82 Å². The summed E-state index contributed by atoms with van der Waals surface area (Å²) in [6, 6.07) is 50.5. The zero-order valence-electron chi connectivity index (χ0n) is 23.6. The molecule has 0 aliphatic carbocycles. The summed E-state index contributed by atoms with van der Waals surface area (Å²) in [6.45, 7) is 0. The summed E-state index contributed by atoms with van der Waals surface area (Å²) in [4.78, 5) is 10.2. The van der Waals surface area contributed by atoms with Gasteiger partial charge in [-0.15, -0.1) is 11.3 Å². The van der Waals surface area contributed by atoms with Gasteiger partial charge >= 0.3 is 0 Å². The third kappa shape index (κ3) is 3.96. The Morgan fingerprint density at radius 2 is 0.955 bits per heavy atom. The fraction of sp³-hybridized carbons (Fsp3) is 0. The maximum Gasteiger partial charge on any atom is 0.164 e. The first kappa shape index (κ1) is 25.0. The van der Waals surface area contributed by atoms with Gasteiger partial charge in [0.15, 0.2) is 5.82 Å². The molecule has 206 valence electrons. The predicted octanol–water partition coefficient (Wildman–Crippen LogP) is 11.4. The summed E-state index contributed by atoms with van der Waals surface area (Å²) < 4.78 is 9.42. The van der Waals surface area contributed by atoms with Crippen molar-refractivity contribution in [2.24, 2.45) is 0 Å². The van der Waals surface area contributed by atoms with E-state index in [9.17, 15) is 0 Å². The molecule has 0 amide bonds. The first-order chi connectivity index (χ1) is 21.8. The van der Waals surface area contributed by atoms with Crippen molar-refractivity contribution >= 4 is 53.4 Å². The number of thiophene rings is 1. The van der Waals surface area contributed by atoms with E-state index in [0.717, 1.165) is 55.6 Å². The summed E-state index contributed by atoms with van der Waals surface area (Å²) in [6.07, 6.45) is 0. The molecule has 9 rings (SSSR count). The van der Waals surface area contributed by atoms with Gasteiger partial charge in [-0.2, -0.15) is 0 Å². The second kappa shape index (κ2) is 10.0. The van der Waals surface area contributed by atoms with Crippen LogP contribution in [0.15, 0.2) is 150 Å². The smallest absolute Gasteiger partial charge is 0.164 e. The molecule has 9 aromatic rings. The molecule has 44 heavy (non-hydrogen) atoms. The first-order valence-electron chi connectivity index (χ1n) is 14.7. The quantitative estimate of drug-likeness (QED) is 0.208. The molecular formula is C40H24N2OS. The van der Waals surface area contributed by atoms with Gasteiger partial charge in [0.1, 0.15) is 11.2 Å². The number of hydrogen-bond donors (Lipinski definition) is 0. The van der Waals surface area contributed by atoms with Crippen LogP contribution in [0.1, 0.15) is 0 Å². The van der Waals surface area contributed by atoms with Crippen molar-refractivity contribution in [3.8, 4) is 45.0 Å². The molecule has 0 spiro atoms. The van der Waals surface area contributed by atoms with E-state index in [-0.39, 0.29) is 0 Å². The number of fused-ring (bicyclic) bond motifs is 6. The van der Waals surface area contributed by atoms with Crippen molar-refractivity contribution in [3.05, 3.63) is 146 Å². The zero-order chi connectivity index (χ0) is 29.0. The Morgan fingerprint density at radius 3 is 1.64 bits per heavy atom. The lowest BCUT2D eigenvalue weighted by Gasteiger charge is -2.09. The summed E-state index contributed by atoms with van der Waals surface area (Å²) in [5, 5.41) is 4.70. The van der Waals surface area contributed by atoms with Crippen LogP contribution >= 0.6 is 11.3 Å². The van der Waals surface area contributed by atoms with E-state index in [1.54, 1.807) is 0 Å². The van der Waals surface area contributed by atoms with E-state index in [2.05, 4.69) is 109 Å². The fourth-order valence-electron chi connectivity index (χ4n) is 6.25. The lowest BCUT2D eigenvalue weighted by Crippen LogP contribution is -1.96. The van der Waals surface area contributed by atoms with E-state index in [1.807, 2.05) is 47.7 Å². The molecule has 0 unspecified atom stereocenters. The number of para-hydroxylation sites is 2. The van der Waals surface area contributed by atoms with Gasteiger partial charge in [-0.3, -0.25) is 0 Å². The minimum Gasteiger partial charge on any atom is -0.455 e. The number of aromatic nitrogens is 2. The largest absolute Gasteiger partial charge is 0.455 e. The molecule has 6 aromatic carbocycles. The van der Waals surface area contributed by atoms with E-state index >= 15 is 0 Å². The van der Waals surface area contributed by atoms with Crippen LogP contribution in [-0.2, 0) is 0 Å². The van der Waals surface area contributed by atoms with Crippen LogP contribution in [0.4, 0.5) is 0 Å². The highest BCUT2D eigenvalue weighted by Crippen LogP contribution is 2.44. The third-order valence-electron chi connectivity index (χ3n) is 8.32. The molecule has 3 nitrogen and oxygen atoms in total. The topological polar surface area (TPSA) is 38.9 Å². The highest BCUT2D eigenvalue weighted by Gasteiger charge is 2.20. The average Bonchev–Trinajstić information content (AvgIpc) is 3.68. The summed E-state index contributed by atoms with van der Waals surface area (Å²) in [5.74, 6) is 0.642. The lowest BCUT2D eigenvalue weighted by atomic mass is 10.00. The van der Waals surface area contributed by atoms with Crippen molar-refractivity contribution in [1.29, 1.82) is 0 Å². The number of furan rings is 1. The van der Waals surface area contributed by atoms with E-state index < -0.39 is 0 Å². The first-order valence-corrected chi connectivity index (χ1v) is 15.5. The molecule has 0 aliphatic heterocycles. The van der Waals surface area contributed by atoms with Crippen molar-refractivity contribution < 1.29 is 4.42 Å². The Bertz CT molecular complexity index is 2440. The highest BCUT2D eigenvalue weighted by atomic mass is 32.1. The van der Waals surface area contributed by atoms with Gasteiger partial charge in [0.25, 0.3) is 0 Å². The Hall–Kier alpha value is -5.58. The number of benzene rings is 6. The van der Waals surface area contributed by atoms with Gasteiger partial charge in [0, 0.05) is 53.2 Å². The van der Waals surface area contributed by atoms with Gasteiger partial charge in [-0.25, -0.2) is 9.97 Å². The molecule has 3 heterocycles. The molecule has 0 saturated carbocycles. The Kier molecular flexibility index (Phi) is 5.68. The normalized spacial score (nSPS) is 11.6. The van der Waals surface area contributed by atoms with Crippen molar-refractivity contribution in [2.45, 2.75) is 0 Å². The van der Waals surface area contributed by atoms with Crippen LogP contribution < -0.4 is 0 Å². The highest BCUT2D eigenvalue weighted by molar-refractivity contribution is 7.26. The Balaban J connectivity index is 1.29. The molecule has 0 saturated heterocycles. The second-order valence-electron chi connectivity index (χ2n) is 10.9. The maximum absolute atomic E-state index is 6.86. The van der Waals surface area contributed by atoms with Crippen LogP contribution in [0.25, 0.3) is 87.1 Å². The Morgan fingerprint density at radius 1 is 0.432 bits per heavy atom. The summed E-state index contributed by atoms with van der Waals surface area (Å²) in [5.41, 5.74) is 8.66. The van der Waals surface area contributed by atoms with Gasteiger partial charge in [0.2, 0.25) is 0 Å². The lowest BCUT2D eigenvalue weighted by molar-refractivity contribution is 0.670. The molecule has 0 fully saturated rings.